The third-order valence-electron chi connectivity index (χ3n) is 3.41. The van der Waals surface area contributed by atoms with Crippen molar-refractivity contribution in [1.29, 1.82) is 0 Å². The molecule has 17 heavy (non-hydrogen) atoms. The Morgan fingerprint density at radius 2 is 1.94 bits per heavy atom. The highest BCUT2D eigenvalue weighted by molar-refractivity contribution is 5.44. The van der Waals surface area contributed by atoms with Gasteiger partial charge in [0.25, 0.3) is 0 Å². The molecule has 2 rings (SSSR count). The van der Waals surface area contributed by atoms with Gasteiger partial charge in [-0.3, -0.25) is 4.98 Å². The summed E-state index contributed by atoms with van der Waals surface area (Å²) in [5, 5.41) is 2.37. The van der Waals surface area contributed by atoms with Gasteiger partial charge in [0.05, 0.1) is 5.69 Å². The molecule has 1 aromatic heterocycles. The summed E-state index contributed by atoms with van der Waals surface area (Å²) in [5.74, 6) is 0. The van der Waals surface area contributed by atoms with Gasteiger partial charge < -0.3 is 5.01 Å². The van der Waals surface area contributed by atoms with Crippen molar-refractivity contribution in [3.8, 4) is 0 Å². The third kappa shape index (κ3) is 3.43. The second-order valence-electron chi connectivity index (χ2n) is 4.78. The molecule has 1 aromatic rings. The van der Waals surface area contributed by atoms with E-state index in [2.05, 4.69) is 34.5 Å². The van der Waals surface area contributed by atoms with E-state index >= 15 is 0 Å². The van der Waals surface area contributed by atoms with Crippen molar-refractivity contribution in [3.63, 3.8) is 0 Å². The van der Waals surface area contributed by atoms with Crippen molar-refractivity contribution < 1.29 is 0 Å². The summed E-state index contributed by atoms with van der Waals surface area (Å²) >= 11 is 0. The third-order valence-corrected chi connectivity index (χ3v) is 3.41. The number of anilines is 1. The van der Waals surface area contributed by atoms with Crippen LogP contribution >= 0.6 is 0 Å². The summed E-state index contributed by atoms with van der Waals surface area (Å²) < 4.78 is 0. The quantitative estimate of drug-likeness (QED) is 0.792. The summed E-state index contributed by atoms with van der Waals surface area (Å²) in [6.45, 7) is 3.25. The van der Waals surface area contributed by atoms with Crippen molar-refractivity contribution >= 4 is 5.69 Å². The Labute approximate surface area is 104 Å². The maximum absolute atomic E-state index is 4.10. The molecule has 3 heteroatoms. The van der Waals surface area contributed by atoms with Gasteiger partial charge >= 0.3 is 0 Å². The van der Waals surface area contributed by atoms with Crippen LogP contribution in [0, 0.1) is 0 Å². The van der Waals surface area contributed by atoms with Crippen molar-refractivity contribution in [2.24, 2.45) is 0 Å². The smallest absolute Gasteiger partial charge is 0.0553 e. The fourth-order valence-electron chi connectivity index (χ4n) is 2.51. The molecule has 0 atom stereocenters. The number of hydrazine groups is 1. The Bertz CT molecular complexity index is 307. The molecule has 1 aliphatic rings. The molecule has 0 unspecified atom stereocenters. The normalized spacial score (nSPS) is 17.0. The first-order valence-electron chi connectivity index (χ1n) is 6.84. The van der Waals surface area contributed by atoms with Crippen molar-refractivity contribution in [2.75, 3.05) is 11.6 Å². The predicted octanol–water partition coefficient (Wildman–Crippen LogP) is 3.14. The highest BCUT2D eigenvalue weighted by Crippen LogP contribution is 2.25. The van der Waals surface area contributed by atoms with Crippen LogP contribution in [0.4, 0.5) is 5.69 Å². The molecule has 94 valence electrons. The lowest BCUT2D eigenvalue weighted by Gasteiger charge is -2.36. The van der Waals surface area contributed by atoms with E-state index in [9.17, 15) is 0 Å². The van der Waals surface area contributed by atoms with Crippen molar-refractivity contribution in [1.82, 2.24) is 10.4 Å². The molecule has 1 saturated carbocycles. The summed E-state index contributed by atoms with van der Waals surface area (Å²) in [4.78, 5) is 4.10. The average molecular weight is 233 g/mol. The molecular formula is C14H23N3. The zero-order valence-electron chi connectivity index (χ0n) is 10.7. The number of hydrogen-bond donors (Lipinski definition) is 1. The SMILES string of the molecule is CCCNN(c1ccncc1)C1CCCCC1. The molecule has 1 heterocycles. The van der Waals surface area contributed by atoms with Crippen LogP contribution in [0.5, 0.6) is 0 Å². The van der Waals surface area contributed by atoms with Gasteiger partial charge in [-0.05, 0) is 31.4 Å². The van der Waals surface area contributed by atoms with Gasteiger partial charge in [0, 0.05) is 25.0 Å². The summed E-state index contributed by atoms with van der Waals surface area (Å²) in [5.41, 5.74) is 4.81. The second kappa shape index (κ2) is 6.60. The van der Waals surface area contributed by atoms with Crippen LogP contribution in [-0.4, -0.2) is 17.6 Å². The van der Waals surface area contributed by atoms with Gasteiger partial charge in [-0.15, -0.1) is 0 Å². The van der Waals surface area contributed by atoms with Crippen LogP contribution in [-0.2, 0) is 0 Å². The molecule has 3 nitrogen and oxygen atoms in total. The van der Waals surface area contributed by atoms with Crippen LogP contribution in [0.3, 0.4) is 0 Å². The molecule has 0 aliphatic heterocycles. The molecule has 0 saturated heterocycles. The molecule has 1 fully saturated rings. The van der Waals surface area contributed by atoms with Crippen LogP contribution in [0.15, 0.2) is 24.5 Å². The van der Waals surface area contributed by atoms with E-state index in [1.807, 2.05) is 12.4 Å². The Kier molecular flexibility index (Phi) is 4.80. The van der Waals surface area contributed by atoms with E-state index in [0.717, 1.165) is 13.0 Å². The Hall–Kier alpha value is -1.09. The minimum Gasteiger partial charge on any atom is -0.305 e. The monoisotopic (exact) mass is 233 g/mol. The van der Waals surface area contributed by atoms with E-state index in [-0.39, 0.29) is 0 Å². The van der Waals surface area contributed by atoms with Gasteiger partial charge in [-0.2, -0.15) is 0 Å². The van der Waals surface area contributed by atoms with Gasteiger partial charge in [0.1, 0.15) is 0 Å². The van der Waals surface area contributed by atoms with Crippen LogP contribution in [0.1, 0.15) is 45.4 Å². The summed E-state index contributed by atoms with van der Waals surface area (Å²) in [7, 11) is 0. The molecule has 1 aliphatic carbocycles. The molecule has 0 bridgehead atoms. The minimum absolute atomic E-state index is 0.651. The summed E-state index contributed by atoms with van der Waals surface area (Å²) in [6, 6.07) is 4.84. The fraction of sp³-hybridized carbons (Fsp3) is 0.643. The zero-order valence-corrected chi connectivity index (χ0v) is 10.7. The first kappa shape index (κ1) is 12.4. The fourth-order valence-corrected chi connectivity index (χ4v) is 2.51. The molecule has 0 amide bonds. The lowest BCUT2D eigenvalue weighted by atomic mass is 9.95. The number of rotatable bonds is 5. The van der Waals surface area contributed by atoms with E-state index in [1.54, 1.807) is 0 Å². The second-order valence-corrected chi connectivity index (χ2v) is 4.78. The first-order valence-corrected chi connectivity index (χ1v) is 6.84. The standard InChI is InChI=1S/C14H23N3/c1-2-10-16-17(13-6-4-3-5-7-13)14-8-11-15-12-9-14/h8-9,11-13,16H,2-7,10H2,1H3. The Morgan fingerprint density at radius 3 is 2.59 bits per heavy atom. The number of nitrogens with zero attached hydrogens (tertiary/aromatic N) is 2. The minimum atomic E-state index is 0.651. The van der Waals surface area contributed by atoms with Crippen LogP contribution in [0.2, 0.25) is 0 Å². The highest BCUT2D eigenvalue weighted by atomic mass is 15.5. The Balaban J connectivity index is 2.06. The van der Waals surface area contributed by atoms with E-state index in [0.29, 0.717) is 6.04 Å². The lowest BCUT2D eigenvalue weighted by molar-refractivity contribution is 0.386. The number of pyridine rings is 1. The molecule has 0 spiro atoms. The Morgan fingerprint density at radius 1 is 1.24 bits per heavy atom. The molecule has 0 aromatic carbocycles. The van der Waals surface area contributed by atoms with E-state index in [1.165, 1.54) is 37.8 Å². The van der Waals surface area contributed by atoms with Gasteiger partial charge in [0.15, 0.2) is 0 Å². The van der Waals surface area contributed by atoms with Gasteiger partial charge in [-0.25, -0.2) is 5.43 Å². The topological polar surface area (TPSA) is 28.2 Å². The summed E-state index contributed by atoms with van der Waals surface area (Å²) in [6.07, 6.45) is 11.6. The van der Waals surface area contributed by atoms with Crippen LogP contribution in [0.25, 0.3) is 0 Å². The number of aromatic nitrogens is 1. The largest absolute Gasteiger partial charge is 0.305 e. The molecule has 0 radical (unpaired) electrons. The van der Waals surface area contributed by atoms with Crippen molar-refractivity contribution in [2.45, 2.75) is 51.5 Å². The maximum Gasteiger partial charge on any atom is 0.0553 e. The average Bonchev–Trinajstić information content (AvgIpc) is 2.42. The lowest BCUT2D eigenvalue weighted by Crippen LogP contribution is -2.47. The zero-order chi connectivity index (χ0) is 11.9. The first-order chi connectivity index (χ1) is 8.42. The van der Waals surface area contributed by atoms with E-state index in [4.69, 9.17) is 0 Å². The number of hydrogen-bond acceptors (Lipinski definition) is 3. The molecular weight excluding hydrogens is 210 g/mol. The van der Waals surface area contributed by atoms with Crippen molar-refractivity contribution in [3.05, 3.63) is 24.5 Å². The van der Waals surface area contributed by atoms with Gasteiger partial charge in [-0.1, -0.05) is 26.2 Å². The highest BCUT2D eigenvalue weighted by Gasteiger charge is 2.20. The van der Waals surface area contributed by atoms with Crippen LogP contribution < -0.4 is 10.4 Å². The number of nitrogens with one attached hydrogen (secondary N) is 1. The maximum atomic E-state index is 4.10. The molecule has 1 N–H and O–H groups in total. The van der Waals surface area contributed by atoms with E-state index < -0.39 is 0 Å². The van der Waals surface area contributed by atoms with Gasteiger partial charge in [0.2, 0.25) is 0 Å². The predicted molar refractivity (Wildman–Crippen MR) is 71.9 cm³/mol.